The summed E-state index contributed by atoms with van der Waals surface area (Å²) in [7, 11) is -3.27. The molecule has 2 aromatic rings. The molecule has 1 atom stereocenters. The normalized spacial score (nSPS) is 13.3. The van der Waals surface area contributed by atoms with Crippen LogP contribution in [0.5, 0.6) is 0 Å². The maximum atomic E-state index is 13.0. The van der Waals surface area contributed by atoms with E-state index in [-0.39, 0.29) is 33.1 Å². The highest BCUT2D eigenvalue weighted by molar-refractivity contribution is 9.10. The van der Waals surface area contributed by atoms with Gasteiger partial charge in [0.15, 0.2) is 10.3 Å². The second-order valence-corrected chi connectivity index (χ2v) is 9.84. The van der Waals surface area contributed by atoms with Crippen LogP contribution in [0.4, 0.5) is 11.4 Å². The van der Waals surface area contributed by atoms with Crippen LogP contribution < -0.4 is 9.62 Å². The topological polar surface area (TPSA) is 105 Å². The highest BCUT2D eigenvalue weighted by Crippen LogP contribution is 2.37. The minimum Gasteiger partial charge on any atom is -0.348 e. The highest BCUT2D eigenvalue weighted by atomic mass is 79.9. The summed E-state index contributed by atoms with van der Waals surface area (Å²) >= 11 is 9.07. The fourth-order valence-corrected chi connectivity index (χ4v) is 3.99. The van der Waals surface area contributed by atoms with E-state index in [1.54, 1.807) is 0 Å². The zero-order valence-electron chi connectivity index (χ0n) is 16.1. The van der Waals surface area contributed by atoms with Crippen molar-refractivity contribution < 1.29 is 17.8 Å². The van der Waals surface area contributed by atoms with Crippen molar-refractivity contribution in [1.82, 2.24) is 15.1 Å². The van der Waals surface area contributed by atoms with Gasteiger partial charge in [0, 0.05) is 18.1 Å². The molecule has 1 amide bonds. The summed E-state index contributed by atoms with van der Waals surface area (Å²) in [5, 5.41) is 7.35. The van der Waals surface area contributed by atoms with Crippen molar-refractivity contribution in [3.63, 3.8) is 0 Å². The van der Waals surface area contributed by atoms with Crippen LogP contribution in [-0.4, -0.2) is 34.7 Å². The zero-order chi connectivity index (χ0) is 21.4. The molecule has 2 rings (SSSR count). The van der Waals surface area contributed by atoms with Gasteiger partial charge >= 0.3 is 10.3 Å². The molecule has 1 aromatic carbocycles. The summed E-state index contributed by atoms with van der Waals surface area (Å²) in [5.41, 5.74) is -0.259. The molecule has 0 bridgehead atoms. The maximum absolute atomic E-state index is 13.0. The molecule has 8 nitrogen and oxygen atoms in total. The fourth-order valence-electron chi connectivity index (χ4n) is 2.35. The molecule has 0 saturated carbocycles. The number of nitrogens with zero attached hydrogens (tertiary/aromatic N) is 3. The van der Waals surface area contributed by atoms with Crippen molar-refractivity contribution in [3.8, 4) is 0 Å². The van der Waals surface area contributed by atoms with Crippen molar-refractivity contribution in [2.24, 2.45) is 12.5 Å². The second-order valence-electron chi connectivity index (χ2n) is 7.39. The van der Waals surface area contributed by atoms with Gasteiger partial charge in [-0.1, -0.05) is 32.4 Å². The number of carbonyl (C=O) groups excluding carboxylic acids is 1. The molecule has 11 heteroatoms. The number of anilines is 2. The number of nitrogens with one attached hydrogen (secondary N) is 1. The van der Waals surface area contributed by atoms with Gasteiger partial charge in [0.1, 0.15) is 5.69 Å². The Bertz CT molecular complexity index is 984. The molecular weight excluding hydrogens is 472 g/mol. The number of hydrogen-bond donors (Lipinski definition) is 2. The monoisotopic (exact) mass is 492 g/mol. The van der Waals surface area contributed by atoms with Crippen LogP contribution in [0, 0.1) is 5.41 Å². The smallest absolute Gasteiger partial charge is 0.348 e. The predicted molar refractivity (Wildman–Crippen MR) is 112 cm³/mol. The summed E-state index contributed by atoms with van der Waals surface area (Å²) in [5.74, 6) is -0.527. The summed E-state index contributed by atoms with van der Waals surface area (Å²) in [6.07, 6.45) is 0. The molecule has 1 aromatic heterocycles. The quantitative estimate of drug-likeness (QED) is 0.614. The lowest BCUT2D eigenvalue weighted by atomic mass is 9.88. The highest BCUT2D eigenvalue weighted by Gasteiger charge is 2.34. The molecule has 1 heterocycles. The van der Waals surface area contributed by atoms with Crippen LogP contribution in [0.25, 0.3) is 0 Å². The molecule has 0 fully saturated rings. The summed E-state index contributed by atoms with van der Waals surface area (Å²) < 4.78 is 36.2. The van der Waals surface area contributed by atoms with E-state index < -0.39 is 16.2 Å². The molecule has 0 spiro atoms. The molecule has 0 aliphatic rings. The van der Waals surface area contributed by atoms with Crippen molar-refractivity contribution in [2.75, 3.05) is 4.31 Å². The van der Waals surface area contributed by atoms with Crippen molar-refractivity contribution in [1.29, 1.82) is 0 Å². The third kappa shape index (κ3) is 4.86. The van der Waals surface area contributed by atoms with Gasteiger partial charge < -0.3 is 5.32 Å². The molecule has 0 aliphatic heterocycles. The molecular formula is C17H22BrClN4O4S. The van der Waals surface area contributed by atoms with Crippen LogP contribution >= 0.6 is 27.5 Å². The van der Waals surface area contributed by atoms with Crippen molar-refractivity contribution >= 4 is 55.1 Å². The molecule has 0 radical (unpaired) electrons. The number of benzene rings is 1. The number of carbonyl (C=O) groups is 1. The molecule has 2 N–H and O–H groups in total. The first kappa shape index (κ1) is 22.7. The number of halogens is 2. The molecule has 0 aliphatic carbocycles. The largest absolute Gasteiger partial charge is 0.364 e. The van der Waals surface area contributed by atoms with E-state index in [0.29, 0.717) is 9.33 Å². The molecule has 0 unspecified atom stereocenters. The zero-order valence-corrected chi connectivity index (χ0v) is 19.2. The van der Waals surface area contributed by atoms with Gasteiger partial charge in [0.05, 0.1) is 5.69 Å². The van der Waals surface area contributed by atoms with E-state index in [1.165, 1.54) is 36.0 Å². The van der Waals surface area contributed by atoms with Gasteiger partial charge in [-0.25, -0.2) is 4.31 Å². The lowest BCUT2D eigenvalue weighted by Gasteiger charge is -2.28. The van der Waals surface area contributed by atoms with Gasteiger partial charge in [-0.15, -0.1) is 0 Å². The van der Waals surface area contributed by atoms with Gasteiger partial charge in [0.25, 0.3) is 5.91 Å². The molecule has 0 saturated heterocycles. The van der Waals surface area contributed by atoms with Crippen LogP contribution in [0.2, 0.25) is 5.02 Å². The number of amides is 1. The first-order chi connectivity index (χ1) is 12.7. The van der Waals surface area contributed by atoms with Crippen LogP contribution in [0.1, 0.15) is 38.2 Å². The predicted octanol–water partition coefficient (Wildman–Crippen LogP) is 3.94. The summed E-state index contributed by atoms with van der Waals surface area (Å²) in [4.78, 5) is 13.0. The van der Waals surface area contributed by atoms with E-state index in [0.717, 1.165) is 0 Å². The Morgan fingerprint density at radius 1 is 1.32 bits per heavy atom. The van der Waals surface area contributed by atoms with Crippen LogP contribution in [-0.2, 0) is 17.4 Å². The van der Waals surface area contributed by atoms with E-state index in [1.807, 2.05) is 27.7 Å². The second kappa shape index (κ2) is 8.02. The third-order valence-electron chi connectivity index (χ3n) is 4.34. The fraction of sp³-hybridized carbons (Fsp3) is 0.412. The maximum Gasteiger partial charge on any atom is 0.364 e. The average Bonchev–Trinajstić information content (AvgIpc) is 2.81. The van der Waals surface area contributed by atoms with E-state index in [9.17, 15) is 17.8 Å². The Balaban J connectivity index is 2.63. The Morgan fingerprint density at radius 3 is 2.32 bits per heavy atom. The van der Waals surface area contributed by atoms with Gasteiger partial charge in [-0.3, -0.25) is 14.0 Å². The van der Waals surface area contributed by atoms with Crippen molar-refractivity contribution in [2.45, 2.75) is 33.7 Å². The Labute approximate surface area is 177 Å². The van der Waals surface area contributed by atoms with E-state index in [4.69, 9.17) is 11.6 Å². The van der Waals surface area contributed by atoms with Crippen LogP contribution in [0.15, 0.2) is 28.9 Å². The van der Waals surface area contributed by atoms with Gasteiger partial charge in [0.2, 0.25) is 0 Å². The Hall–Kier alpha value is -1.62. The Morgan fingerprint density at radius 2 is 1.86 bits per heavy atom. The average molecular weight is 494 g/mol. The van der Waals surface area contributed by atoms with Gasteiger partial charge in [-0.2, -0.15) is 13.5 Å². The van der Waals surface area contributed by atoms with Crippen LogP contribution in [0.3, 0.4) is 0 Å². The third-order valence-corrected chi connectivity index (χ3v) is 5.98. The standard InChI is InChI=1S/C17H22BrClN4O4S/c1-10(17(2,3)4)20-16(24)14-13(15(18)21-22(14)5)23(28(25,26)27)12-8-6-11(19)7-9-12/h6-10H,1-5H3,(H,20,24)(H,25,26,27)/t10-/m0/s1. The number of aryl methyl sites for hydroxylation is 1. The number of aromatic nitrogens is 2. The lowest BCUT2D eigenvalue weighted by Crippen LogP contribution is -2.42. The Kier molecular flexibility index (Phi) is 6.49. The lowest BCUT2D eigenvalue weighted by molar-refractivity contribution is 0.0901. The summed E-state index contributed by atoms with van der Waals surface area (Å²) in [6, 6.07) is 5.56. The van der Waals surface area contributed by atoms with E-state index in [2.05, 4.69) is 26.3 Å². The minimum absolute atomic E-state index is 0.0319. The first-order valence-corrected chi connectivity index (χ1v) is 10.9. The molecule has 154 valence electrons. The van der Waals surface area contributed by atoms with E-state index >= 15 is 0 Å². The molecule has 28 heavy (non-hydrogen) atoms. The SMILES string of the molecule is C[C@H](NC(=O)c1c(N(c2ccc(Cl)cc2)S(=O)(=O)O)c(Br)nn1C)C(C)(C)C. The van der Waals surface area contributed by atoms with Gasteiger partial charge in [-0.05, 0) is 52.5 Å². The van der Waals surface area contributed by atoms with Crippen molar-refractivity contribution in [3.05, 3.63) is 39.6 Å². The number of hydrogen-bond acceptors (Lipinski definition) is 4. The summed E-state index contributed by atoms with van der Waals surface area (Å²) in [6.45, 7) is 7.76. The first-order valence-electron chi connectivity index (χ1n) is 8.30. The number of rotatable bonds is 5. The minimum atomic E-state index is -4.78.